The summed E-state index contributed by atoms with van der Waals surface area (Å²) in [6, 6.07) is 9.84. The Kier molecular flexibility index (Phi) is 5.34. The smallest absolute Gasteiger partial charge is 0.148 e. The molecule has 21 heavy (non-hydrogen) atoms. The Morgan fingerprint density at radius 1 is 1.24 bits per heavy atom. The molecule has 2 rings (SSSR count). The number of halogens is 3. The van der Waals surface area contributed by atoms with Gasteiger partial charge in [0, 0.05) is 5.56 Å². The molecule has 0 aromatic heterocycles. The lowest BCUT2D eigenvalue weighted by Crippen LogP contribution is -2.01. The highest BCUT2D eigenvalue weighted by Crippen LogP contribution is 2.35. The SMILES string of the molecule is N#Cc1cccc(COc2c(Br)cc(CO)cc2Br)c1F. The molecule has 0 saturated carbocycles. The maximum Gasteiger partial charge on any atom is 0.148 e. The van der Waals surface area contributed by atoms with Crippen molar-refractivity contribution >= 4 is 31.9 Å². The van der Waals surface area contributed by atoms with Crippen molar-refractivity contribution in [3.05, 3.63) is 61.8 Å². The first-order chi connectivity index (χ1) is 10.1. The number of rotatable bonds is 4. The lowest BCUT2D eigenvalue weighted by Gasteiger charge is -2.12. The van der Waals surface area contributed by atoms with Crippen LogP contribution in [0.3, 0.4) is 0 Å². The summed E-state index contributed by atoms with van der Waals surface area (Å²) in [5.74, 6) is -0.0619. The molecule has 0 aliphatic heterocycles. The number of aliphatic hydroxyl groups excluding tert-OH is 1. The molecule has 2 aromatic carbocycles. The first kappa shape index (κ1) is 16.0. The third kappa shape index (κ3) is 3.62. The topological polar surface area (TPSA) is 53.2 Å². The van der Waals surface area contributed by atoms with Crippen LogP contribution in [0.2, 0.25) is 0 Å². The molecule has 0 spiro atoms. The van der Waals surface area contributed by atoms with Crippen LogP contribution in [0.15, 0.2) is 39.3 Å². The van der Waals surface area contributed by atoms with E-state index in [1.807, 2.05) is 0 Å². The molecule has 108 valence electrons. The number of nitriles is 1. The molecule has 3 nitrogen and oxygen atoms in total. The molecule has 0 atom stereocenters. The zero-order valence-corrected chi connectivity index (χ0v) is 13.9. The van der Waals surface area contributed by atoms with E-state index in [2.05, 4.69) is 31.9 Å². The van der Waals surface area contributed by atoms with Gasteiger partial charge in [0.1, 0.15) is 24.2 Å². The van der Waals surface area contributed by atoms with Crippen molar-refractivity contribution < 1.29 is 14.2 Å². The molecule has 0 aliphatic rings. The van der Waals surface area contributed by atoms with Crippen LogP contribution in [-0.4, -0.2) is 5.11 Å². The number of hydrogen-bond acceptors (Lipinski definition) is 3. The van der Waals surface area contributed by atoms with Crippen LogP contribution in [0.25, 0.3) is 0 Å². The second kappa shape index (κ2) is 7.03. The summed E-state index contributed by atoms with van der Waals surface area (Å²) in [5.41, 5.74) is 1.02. The maximum atomic E-state index is 13.9. The van der Waals surface area contributed by atoms with E-state index < -0.39 is 5.82 Å². The highest BCUT2D eigenvalue weighted by molar-refractivity contribution is 9.11. The fourth-order valence-electron chi connectivity index (χ4n) is 1.77. The maximum absolute atomic E-state index is 13.9. The molecule has 6 heteroatoms. The Hall–Kier alpha value is -1.42. The molecule has 0 fully saturated rings. The predicted octanol–water partition coefficient (Wildman–Crippen LogP) is 4.29. The van der Waals surface area contributed by atoms with Crippen LogP contribution in [0.4, 0.5) is 4.39 Å². The average Bonchev–Trinajstić information content (AvgIpc) is 2.47. The number of benzene rings is 2. The van der Waals surface area contributed by atoms with Crippen LogP contribution >= 0.6 is 31.9 Å². The minimum atomic E-state index is -0.570. The van der Waals surface area contributed by atoms with Gasteiger partial charge in [-0.15, -0.1) is 0 Å². The quantitative estimate of drug-likeness (QED) is 0.811. The fourth-order valence-corrected chi connectivity index (χ4v) is 3.28. The van der Waals surface area contributed by atoms with Gasteiger partial charge in [-0.3, -0.25) is 0 Å². The van der Waals surface area contributed by atoms with Crippen molar-refractivity contribution in [2.45, 2.75) is 13.2 Å². The van der Waals surface area contributed by atoms with Crippen molar-refractivity contribution in [2.24, 2.45) is 0 Å². The van der Waals surface area contributed by atoms with Gasteiger partial charge in [0.2, 0.25) is 0 Å². The standard InChI is InChI=1S/C15H10Br2FNO2/c16-12-4-9(7-20)5-13(17)15(12)21-8-11-3-1-2-10(6-19)14(11)18/h1-5,20H,7-8H2. The van der Waals surface area contributed by atoms with Gasteiger partial charge in [0.25, 0.3) is 0 Å². The summed E-state index contributed by atoms with van der Waals surface area (Å²) in [6.45, 7) is -0.0899. The van der Waals surface area contributed by atoms with Gasteiger partial charge >= 0.3 is 0 Å². The zero-order chi connectivity index (χ0) is 15.4. The molecular formula is C15H10Br2FNO2. The average molecular weight is 415 g/mol. The predicted molar refractivity (Wildman–Crippen MR) is 83.2 cm³/mol. The van der Waals surface area contributed by atoms with Crippen molar-refractivity contribution in [3.63, 3.8) is 0 Å². The third-order valence-electron chi connectivity index (χ3n) is 2.81. The molecule has 0 radical (unpaired) electrons. The number of hydrogen-bond donors (Lipinski definition) is 1. The minimum Gasteiger partial charge on any atom is -0.486 e. The molecule has 1 N–H and O–H groups in total. The van der Waals surface area contributed by atoms with Crippen molar-refractivity contribution in [3.8, 4) is 11.8 Å². The van der Waals surface area contributed by atoms with Crippen LogP contribution in [0, 0.1) is 17.1 Å². The van der Waals surface area contributed by atoms with E-state index in [0.717, 1.165) is 5.56 Å². The summed E-state index contributed by atoms with van der Waals surface area (Å²) in [5, 5.41) is 17.9. The second-order valence-electron chi connectivity index (χ2n) is 4.23. The molecule has 2 aromatic rings. The first-order valence-corrected chi connectivity index (χ1v) is 7.54. The first-order valence-electron chi connectivity index (χ1n) is 5.96. The molecule has 0 heterocycles. The summed E-state index contributed by atoms with van der Waals surface area (Å²) in [4.78, 5) is 0. The van der Waals surface area contributed by atoms with E-state index in [-0.39, 0.29) is 18.8 Å². The van der Waals surface area contributed by atoms with Gasteiger partial charge in [0.05, 0.1) is 21.1 Å². The van der Waals surface area contributed by atoms with Crippen LogP contribution in [0.1, 0.15) is 16.7 Å². The van der Waals surface area contributed by atoms with E-state index in [0.29, 0.717) is 20.3 Å². The van der Waals surface area contributed by atoms with Crippen LogP contribution < -0.4 is 4.74 Å². The van der Waals surface area contributed by atoms with E-state index in [4.69, 9.17) is 15.1 Å². The van der Waals surface area contributed by atoms with Crippen LogP contribution in [0.5, 0.6) is 5.75 Å². The summed E-state index contributed by atoms with van der Waals surface area (Å²) >= 11 is 6.69. The Balaban J connectivity index is 2.23. The van der Waals surface area contributed by atoms with E-state index in [1.165, 1.54) is 6.07 Å². The van der Waals surface area contributed by atoms with Gasteiger partial charge in [-0.2, -0.15) is 5.26 Å². The van der Waals surface area contributed by atoms with Gasteiger partial charge in [0.15, 0.2) is 0 Å². The Morgan fingerprint density at radius 3 is 2.48 bits per heavy atom. The highest BCUT2D eigenvalue weighted by atomic mass is 79.9. The van der Waals surface area contributed by atoms with E-state index in [1.54, 1.807) is 30.3 Å². The monoisotopic (exact) mass is 413 g/mol. The van der Waals surface area contributed by atoms with Gasteiger partial charge < -0.3 is 9.84 Å². The van der Waals surface area contributed by atoms with Crippen LogP contribution in [-0.2, 0) is 13.2 Å². The molecule has 0 amide bonds. The van der Waals surface area contributed by atoms with Crippen molar-refractivity contribution in [1.29, 1.82) is 5.26 Å². The summed E-state index contributed by atoms with van der Waals surface area (Å²) in [7, 11) is 0. The molecule has 0 saturated heterocycles. The third-order valence-corrected chi connectivity index (χ3v) is 3.99. The zero-order valence-electron chi connectivity index (χ0n) is 10.7. The fraction of sp³-hybridized carbons (Fsp3) is 0.133. The highest BCUT2D eigenvalue weighted by Gasteiger charge is 2.12. The second-order valence-corrected chi connectivity index (χ2v) is 5.93. The minimum absolute atomic E-state index is 0.00295. The molecule has 0 unspecified atom stereocenters. The Labute approximate surface area is 138 Å². The van der Waals surface area contributed by atoms with Gasteiger partial charge in [-0.05, 0) is 55.6 Å². The normalized spacial score (nSPS) is 10.2. The Morgan fingerprint density at radius 2 is 1.90 bits per heavy atom. The number of ether oxygens (including phenoxy) is 1. The Bertz CT molecular complexity index is 690. The van der Waals surface area contributed by atoms with E-state index in [9.17, 15) is 4.39 Å². The molecular weight excluding hydrogens is 405 g/mol. The molecule has 0 bridgehead atoms. The van der Waals surface area contributed by atoms with Gasteiger partial charge in [-0.25, -0.2) is 4.39 Å². The van der Waals surface area contributed by atoms with E-state index >= 15 is 0 Å². The van der Waals surface area contributed by atoms with Crippen molar-refractivity contribution in [1.82, 2.24) is 0 Å². The lowest BCUT2D eigenvalue weighted by molar-refractivity contribution is 0.279. The van der Waals surface area contributed by atoms with Gasteiger partial charge in [-0.1, -0.05) is 12.1 Å². The summed E-state index contributed by atoms with van der Waals surface area (Å²) in [6.07, 6.45) is 0. The largest absolute Gasteiger partial charge is 0.486 e. The van der Waals surface area contributed by atoms with Crippen molar-refractivity contribution in [2.75, 3.05) is 0 Å². The summed E-state index contributed by atoms with van der Waals surface area (Å²) < 4.78 is 20.8. The number of nitrogens with zero attached hydrogens (tertiary/aromatic N) is 1. The molecule has 0 aliphatic carbocycles. The lowest BCUT2D eigenvalue weighted by atomic mass is 10.1. The number of aliphatic hydroxyl groups is 1.